The van der Waals surface area contributed by atoms with E-state index in [1.54, 1.807) is 13.8 Å². The van der Waals surface area contributed by atoms with E-state index in [1.807, 2.05) is 0 Å². The van der Waals surface area contributed by atoms with Crippen molar-refractivity contribution in [2.75, 3.05) is 18.9 Å². The molecule has 26 heavy (non-hydrogen) atoms. The molecule has 2 heterocycles. The highest BCUT2D eigenvalue weighted by molar-refractivity contribution is 5.75. The van der Waals surface area contributed by atoms with E-state index in [9.17, 15) is 18.4 Å². The van der Waals surface area contributed by atoms with Crippen LogP contribution in [-0.2, 0) is 14.3 Å². The summed E-state index contributed by atoms with van der Waals surface area (Å²) in [6.07, 6.45) is -1.10. The standard InChI is InChI=1S/C16H24F2N4O4/c1-4-10(13(23)25-5-2)20-8-11-9(3)16(17,18)14(26-11)22-7-6-12(19)21-15(22)24/h6-7,9-11,14,20H,4-5,8H2,1-3H3,(H2,19,21,24)/t9-,10?,11-,14-/m1/s1. The smallest absolute Gasteiger partial charge is 0.351 e. The minimum Gasteiger partial charge on any atom is -0.465 e. The van der Waals surface area contributed by atoms with E-state index in [0.717, 1.165) is 10.8 Å². The van der Waals surface area contributed by atoms with Crippen LogP contribution in [0.3, 0.4) is 0 Å². The Balaban J connectivity index is 2.12. The highest BCUT2D eigenvalue weighted by atomic mass is 19.3. The van der Waals surface area contributed by atoms with Gasteiger partial charge in [0.1, 0.15) is 11.9 Å². The Bertz CT molecular complexity index is 697. The van der Waals surface area contributed by atoms with Crippen molar-refractivity contribution in [3.63, 3.8) is 0 Å². The largest absolute Gasteiger partial charge is 0.465 e. The summed E-state index contributed by atoms with van der Waals surface area (Å²) in [7, 11) is 0. The van der Waals surface area contributed by atoms with Gasteiger partial charge in [0.2, 0.25) is 6.23 Å². The summed E-state index contributed by atoms with van der Waals surface area (Å²) in [4.78, 5) is 27.2. The van der Waals surface area contributed by atoms with Gasteiger partial charge in [0, 0.05) is 12.7 Å². The van der Waals surface area contributed by atoms with Gasteiger partial charge in [-0.3, -0.25) is 9.36 Å². The number of carbonyl (C=O) groups is 1. The van der Waals surface area contributed by atoms with Gasteiger partial charge in [0.15, 0.2) is 0 Å². The minimum atomic E-state index is -3.29. The number of hydrogen-bond acceptors (Lipinski definition) is 7. The van der Waals surface area contributed by atoms with Crippen LogP contribution in [-0.4, -0.2) is 46.7 Å². The molecule has 10 heteroatoms. The Kier molecular flexibility index (Phi) is 6.30. The fraction of sp³-hybridized carbons (Fsp3) is 0.688. The molecule has 1 aliphatic heterocycles. The first-order valence-electron chi connectivity index (χ1n) is 8.50. The highest BCUT2D eigenvalue weighted by Crippen LogP contribution is 2.46. The van der Waals surface area contributed by atoms with E-state index < -0.39 is 41.9 Å². The summed E-state index contributed by atoms with van der Waals surface area (Å²) in [6.45, 7) is 5.07. The van der Waals surface area contributed by atoms with Crippen LogP contribution in [0.4, 0.5) is 14.6 Å². The molecule has 0 bridgehead atoms. The van der Waals surface area contributed by atoms with Crippen LogP contribution in [0, 0.1) is 5.92 Å². The summed E-state index contributed by atoms with van der Waals surface area (Å²) in [5.41, 5.74) is 4.48. The molecule has 1 fully saturated rings. The quantitative estimate of drug-likeness (QED) is 0.683. The van der Waals surface area contributed by atoms with Crippen LogP contribution in [0.5, 0.6) is 0 Å². The number of rotatable bonds is 7. The van der Waals surface area contributed by atoms with Gasteiger partial charge >= 0.3 is 11.7 Å². The predicted molar refractivity (Wildman–Crippen MR) is 89.6 cm³/mol. The van der Waals surface area contributed by atoms with Gasteiger partial charge in [-0.25, -0.2) is 13.6 Å². The van der Waals surface area contributed by atoms with E-state index in [0.29, 0.717) is 6.42 Å². The molecule has 0 amide bonds. The number of aromatic nitrogens is 2. The van der Waals surface area contributed by atoms with E-state index in [4.69, 9.17) is 15.2 Å². The molecule has 0 saturated carbocycles. The molecule has 146 valence electrons. The Morgan fingerprint density at radius 3 is 2.81 bits per heavy atom. The maximum Gasteiger partial charge on any atom is 0.351 e. The maximum atomic E-state index is 14.6. The zero-order valence-electron chi connectivity index (χ0n) is 14.9. The number of nitrogens with two attached hydrogens (primary N) is 1. The number of esters is 1. The van der Waals surface area contributed by atoms with Crippen LogP contribution in [0.1, 0.15) is 33.4 Å². The second-order valence-electron chi connectivity index (χ2n) is 6.15. The second-order valence-corrected chi connectivity index (χ2v) is 6.15. The highest BCUT2D eigenvalue weighted by Gasteiger charge is 2.57. The molecule has 1 saturated heterocycles. The van der Waals surface area contributed by atoms with Crippen LogP contribution < -0.4 is 16.7 Å². The number of halogens is 2. The third-order valence-corrected chi connectivity index (χ3v) is 4.45. The van der Waals surface area contributed by atoms with Crippen molar-refractivity contribution >= 4 is 11.8 Å². The first kappa shape index (κ1) is 20.2. The minimum absolute atomic E-state index is 0.0156. The van der Waals surface area contributed by atoms with Gasteiger partial charge < -0.3 is 20.5 Å². The SMILES string of the molecule is CCOC(=O)C(CC)NC[C@H]1O[C@@H](n2ccc(N)nc2=O)C(F)(F)[C@@H]1C. The lowest BCUT2D eigenvalue weighted by molar-refractivity contribution is -0.146. The van der Waals surface area contributed by atoms with Crippen molar-refractivity contribution in [2.24, 2.45) is 5.92 Å². The van der Waals surface area contributed by atoms with Gasteiger partial charge in [0.05, 0.1) is 18.6 Å². The normalized spacial score (nSPS) is 25.8. The van der Waals surface area contributed by atoms with Gasteiger partial charge in [-0.2, -0.15) is 4.98 Å². The van der Waals surface area contributed by atoms with Gasteiger partial charge in [-0.15, -0.1) is 0 Å². The number of alkyl halides is 2. The Morgan fingerprint density at radius 2 is 2.23 bits per heavy atom. The summed E-state index contributed by atoms with van der Waals surface area (Å²) in [5, 5.41) is 2.90. The molecule has 3 N–H and O–H groups in total. The Labute approximate surface area is 149 Å². The molecule has 4 atom stereocenters. The van der Waals surface area contributed by atoms with Crippen molar-refractivity contribution < 1.29 is 23.0 Å². The van der Waals surface area contributed by atoms with Crippen molar-refractivity contribution in [2.45, 2.75) is 51.5 Å². The lowest BCUT2D eigenvalue weighted by Gasteiger charge is -2.22. The number of anilines is 1. The van der Waals surface area contributed by atoms with Crippen LogP contribution in [0.2, 0.25) is 0 Å². The van der Waals surface area contributed by atoms with Crippen molar-refractivity contribution in [1.82, 2.24) is 14.9 Å². The molecule has 1 aromatic heterocycles. The fourth-order valence-electron chi connectivity index (χ4n) is 2.82. The van der Waals surface area contributed by atoms with Crippen molar-refractivity contribution in [1.29, 1.82) is 0 Å². The summed E-state index contributed by atoms with van der Waals surface area (Å²) in [5.74, 6) is -4.97. The van der Waals surface area contributed by atoms with Crippen LogP contribution in [0.25, 0.3) is 0 Å². The lowest BCUT2D eigenvalue weighted by Crippen LogP contribution is -2.43. The lowest BCUT2D eigenvalue weighted by atomic mass is 9.99. The monoisotopic (exact) mass is 374 g/mol. The molecule has 0 aromatic carbocycles. The number of carbonyl (C=O) groups excluding carboxylic acids is 1. The Morgan fingerprint density at radius 1 is 1.54 bits per heavy atom. The van der Waals surface area contributed by atoms with E-state index in [2.05, 4.69) is 10.3 Å². The van der Waals surface area contributed by atoms with Crippen molar-refractivity contribution in [3.05, 3.63) is 22.7 Å². The molecule has 2 rings (SSSR count). The second kappa shape index (κ2) is 8.09. The molecular weight excluding hydrogens is 350 g/mol. The van der Waals surface area contributed by atoms with Crippen molar-refractivity contribution in [3.8, 4) is 0 Å². The first-order chi connectivity index (χ1) is 12.2. The first-order valence-corrected chi connectivity index (χ1v) is 8.50. The summed E-state index contributed by atoms with van der Waals surface area (Å²) in [6, 6.07) is 0.643. The number of hydrogen-bond donors (Lipinski definition) is 2. The maximum absolute atomic E-state index is 14.6. The number of nitrogen functional groups attached to an aromatic ring is 1. The molecule has 1 unspecified atom stereocenters. The summed E-state index contributed by atoms with van der Waals surface area (Å²) < 4.78 is 40.4. The van der Waals surface area contributed by atoms with Crippen LogP contribution >= 0.6 is 0 Å². The third kappa shape index (κ3) is 4.01. The van der Waals surface area contributed by atoms with Gasteiger partial charge in [-0.1, -0.05) is 13.8 Å². The molecule has 8 nitrogen and oxygen atoms in total. The predicted octanol–water partition coefficient (Wildman–Crippen LogP) is 0.926. The topological polar surface area (TPSA) is 108 Å². The van der Waals surface area contributed by atoms with E-state index in [-0.39, 0.29) is 19.0 Å². The average Bonchev–Trinajstić information content (AvgIpc) is 2.79. The van der Waals surface area contributed by atoms with Crippen LogP contribution in [0.15, 0.2) is 17.1 Å². The third-order valence-electron chi connectivity index (χ3n) is 4.45. The molecule has 1 aliphatic rings. The van der Waals surface area contributed by atoms with E-state index >= 15 is 0 Å². The number of nitrogens with zero attached hydrogens (tertiary/aromatic N) is 2. The molecule has 1 aromatic rings. The van der Waals surface area contributed by atoms with Gasteiger partial charge in [-0.05, 0) is 19.4 Å². The summed E-state index contributed by atoms with van der Waals surface area (Å²) >= 11 is 0. The van der Waals surface area contributed by atoms with Gasteiger partial charge in [0.25, 0.3) is 5.92 Å². The Hall–Kier alpha value is -2.07. The fourth-order valence-corrected chi connectivity index (χ4v) is 2.82. The molecule has 0 spiro atoms. The number of ether oxygens (including phenoxy) is 2. The molecule has 0 aliphatic carbocycles. The zero-order valence-corrected chi connectivity index (χ0v) is 14.9. The average molecular weight is 374 g/mol. The molecular formula is C16H24F2N4O4. The molecule has 0 radical (unpaired) electrons. The number of nitrogens with one attached hydrogen (secondary N) is 1. The zero-order chi connectivity index (χ0) is 19.5. The van der Waals surface area contributed by atoms with E-state index in [1.165, 1.54) is 13.0 Å².